The summed E-state index contributed by atoms with van der Waals surface area (Å²) in [4.78, 5) is 0. The zero-order valence-corrected chi connectivity index (χ0v) is 8.97. The van der Waals surface area contributed by atoms with Crippen molar-refractivity contribution in [3.8, 4) is 0 Å². The van der Waals surface area contributed by atoms with Crippen LogP contribution in [0, 0.1) is 5.92 Å². The molecule has 0 heterocycles. The van der Waals surface area contributed by atoms with E-state index in [1.807, 2.05) is 0 Å². The first kappa shape index (κ1) is 14.4. The SMILES string of the molecule is CCC(C)CN.CCCCCN. The lowest BCUT2D eigenvalue weighted by Crippen LogP contribution is -2.08. The normalized spacial score (nSPS) is 11.8. The average molecular weight is 174 g/mol. The molecule has 0 aromatic heterocycles. The lowest BCUT2D eigenvalue weighted by atomic mass is 10.1. The van der Waals surface area contributed by atoms with Gasteiger partial charge in [-0.2, -0.15) is 0 Å². The molecule has 1 unspecified atom stereocenters. The van der Waals surface area contributed by atoms with E-state index < -0.39 is 0 Å². The molecule has 0 aliphatic heterocycles. The van der Waals surface area contributed by atoms with Crippen LogP contribution in [0.4, 0.5) is 0 Å². The zero-order chi connectivity index (χ0) is 9.82. The molecule has 0 saturated carbocycles. The summed E-state index contributed by atoms with van der Waals surface area (Å²) in [5.74, 6) is 0.713. The molecule has 0 rings (SSSR count). The minimum absolute atomic E-state index is 0.713. The highest BCUT2D eigenvalue weighted by Gasteiger charge is 1.88. The molecule has 0 aliphatic rings. The predicted octanol–water partition coefficient (Wildman–Crippen LogP) is 2.13. The molecule has 0 spiro atoms. The van der Waals surface area contributed by atoms with Crippen molar-refractivity contribution in [2.75, 3.05) is 13.1 Å². The van der Waals surface area contributed by atoms with Crippen molar-refractivity contribution >= 4 is 0 Å². The molecule has 12 heavy (non-hydrogen) atoms. The van der Waals surface area contributed by atoms with Crippen LogP contribution in [0.3, 0.4) is 0 Å². The second-order valence-electron chi connectivity index (χ2n) is 3.24. The van der Waals surface area contributed by atoms with Gasteiger partial charge >= 0.3 is 0 Å². The van der Waals surface area contributed by atoms with Gasteiger partial charge < -0.3 is 11.5 Å². The Morgan fingerprint density at radius 2 is 1.67 bits per heavy atom. The van der Waals surface area contributed by atoms with Crippen molar-refractivity contribution in [2.24, 2.45) is 17.4 Å². The molecular weight excluding hydrogens is 148 g/mol. The van der Waals surface area contributed by atoms with Crippen molar-refractivity contribution in [2.45, 2.75) is 46.5 Å². The first-order valence-corrected chi connectivity index (χ1v) is 5.12. The van der Waals surface area contributed by atoms with Gasteiger partial charge in [0.15, 0.2) is 0 Å². The van der Waals surface area contributed by atoms with E-state index in [2.05, 4.69) is 20.8 Å². The smallest absolute Gasteiger partial charge is 0.00516 e. The van der Waals surface area contributed by atoms with E-state index in [-0.39, 0.29) is 0 Å². The average Bonchev–Trinajstić information content (AvgIpc) is 2.14. The van der Waals surface area contributed by atoms with Crippen LogP contribution in [-0.2, 0) is 0 Å². The Bertz CT molecular complexity index is 56.9. The van der Waals surface area contributed by atoms with Crippen molar-refractivity contribution in [1.82, 2.24) is 0 Å². The molecule has 0 aliphatic carbocycles. The summed E-state index contributed by atoms with van der Waals surface area (Å²) in [5.41, 5.74) is 10.5. The van der Waals surface area contributed by atoms with Gasteiger partial charge in [-0.1, -0.05) is 40.0 Å². The highest BCUT2D eigenvalue weighted by molar-refractivity contribution is 4.45. The third-order valence-electron chi connectivity index (χ3n) is 1.91. The predicted molar refractivity (Wildman–Crippen MR) is 57.1 cm³/mol. The molecule has 0 saturated heterocycles. The lowest BCUT2D eigenvalue weighted by molar-refractivity contribution is 0.576. The monoisotopic (exact) mass is 174 g/mol. The molecular formula is C10H26N2. The van der Waals surface area contributed by atoms with Gasteiger partial charge in [-0.25, -0.2) is 0 Å². The first-order chi connectivity index (χ1) is 5.72. The van der Waals surface area contributed by atoms with Gasteiger partial charge in [-0.3, -0.25) is 0 Å². The Kier molecular flexibility index (Phi) is 16.3. The Hall–Kier alpha value is -0.0800. The van der Waals surface area contributed by atoms with Gasteiger partial charge in [0, 0.05) is 0 Å². The Balaban J connectivity index is 0. The largest absolute Gasteiger partial charge is 0.330 e. The molecule has 2 nitrogen and oxygen atoms in total. The maximum Gasteiger partial charge on any atom is -0.00516 e. The van der Waals surface area contributed by atoms with E-state index >= 15 is 0 Å². The summed E-state index contributed by atoms with van der Waals surface area (Å²) in [6, 6.07) is 0. The van der Waals surface area contributed by atoms with Crippen LogP contribution in [-0.4, -0.2) is 13.1 Å². The van der Waals surface area contributed by atoms with Gasteiger partial charge in [0.1, 0.15) is 0 Å². The molecule has 0 amide bonds. The number of hydrogen-bond donors (Lipinski definition) is 2. The number of nitrogens with two attached hydrogens (primary N) is 2. The third-order valence-corrected chi connectivity index (χ3v) is 1.91. The van der Waals surface area contributed by atoms with Gasteiger partial charge in [-0.05, 0) is 25.4 Å². The van der Waals surface area contributed by atoms with Crippen molar-refractivity contribution in [3.05, 3.63) is 0 Å². The molecule has 0 radical (unpaired) electrons. The molecule has 0 aromatic carbocycles. The summed E-state index contributed by atoms with van der Waals surface area (Å²) in [7, 11) is 0. The molecule has 76 valence electrons. The van der Waals surface area contributed by atoms with Crippen LogP contribution in [0.25, 0.3) is 0 Å². The highest BCUT2D eigenvalue weighted by atomic mass is 14.5. The Morgan fingerprint density at radius 3 is 1.75 bits per heavy atom. The molecule has 0 aromatic rings. The molecule has 4 N–H and O–H groups in total. The summed E-state index contributed by atoms with van der Waals surface area (Å²) in [6.45, 7) is 8.16. The quantitative estimate of drug-likeness (QED) is 0.627. The van der Waals surface area contributed by atoms with Gasteiger partial charge in [0.2, 0.25) is 0 Å². The molecule has 0 fully saturated rings. The van der Waals surface area contributed by atoms with E-state index in [0.717, 1.165) is 13.1 Å². The van der Waals surface area contributed by atoms with Crippen LogP contribution in [0.15, 0.2) is 0 Å². The van der Waals surface area contributed by atoms with Crippen LogP contribution in [0.5, 0.6) is 0 Å². The number of hydrogen-bond acceptors (Lipinski definition) is 2. The first-order valence-electron chi connectivity index (χ1n) is 5.12. The van der Waals surface area contributed by atoms with Crippen molar-refractivity contribution in [1.29, 1.82) is 0 Å². The summed E-state index contributed by atoms with van der Waals surface area (Å²) in [6.07, 6.45) is 4.96. The summed E-state index contributed by atoms with van der Waals surface area (Å²) in [5, 5.41) is 0. The maximum atomic E-state index is 5.28. The fourth-order valence-corrected chi connectivity index (χ4v) is 0.561. The summed E-state index contributed by atoms with van der Waals surface area (Å²) < 4.78 is 0. The Labute approximate surface area is 77.7 Å². The maximum absolute atomic E-state index is 5.28. The van der Waals surface area contributed by atoms with E-state index in [9.17, 15) is 0 Å². The van der Waals surface area contributed by atoms with Crippen LogP contribution in [0.2, 0.25) is 0 Å². The zero-order valence-electron chi connectivity index (χ0n) is 8.97. The van der Waals surface area contributed by atoms with Crippen LogP contribution >= 0.6 is 0 Å². The fraction of sp³-hybridized carbons (Fsp3) is 1.00. The molecule has 2 heteroatoms. The number of rotatable bonds is 5. The molecule has 0 bridgehead atoms. The van der Waals surface area contributed by atoms with Crippen molar-refractivity contribution in [3.63, 3.8) is 0 Å². The highest BCUT2D eigenvalue weighted by Crippen LogP contribution is 1.93. The number of unbranched alkanes of at least 4 members (excludes halogenated alkanes) is 2. The van der Waals surface area contributed by atoms with E-state index in [1.54, 1.807) is 0 Å². The van der Waals surface area contributed by atoms with Crippen LogP contribution in [0.1, 0.15) is 46.5 Å². The summed E-state index contributed by atoms with van der Waals surface area (Å²) >= 11 is 0. The van der Waals surface area contributed by atoms with Crippen LogP contribution < -0.4 is 11.5 Å². The third kappa shape index (κ3) is 16.5. The van der Waals surface area contributed by atoms with Gasteiger partial charge in [-0.15, -0.1) is 0 Å². The lowest BCUT2D eigenvalue weighted by Gasteiger charge is -1.98. The van der Waals surface area contributed by atoms with Gasteiger partial charge in [0.05, 0.1) is 0 Å². The van der Waals surface area contributed by atoms with E-state index in [1.165, 1.54) is 25.7 Å². The molecule has 1 atom stereocenters. The second-order valence-corrected chi connectivity index (χ2v) is 3.24. The topological polar surface area (TPSA) is 52.0 Å². The van der Waals surface area contributed by atoms with Gasteiger partial charge in [0.25, 0.3) is 0 Å². The second kappa shape index (κ2) is 13.5. The van der Waals surface area contributed by atoms with Crippen molar-refractivity contribution < 1.29 is 0 Å². The standard InChI is InChI=1S/2C5H13N/c1-3-5(2)4-6;1-2-3-4-5-6/h5H,3-4,6H2,1-2H3;2-6H2,1H3. The fourth-order valence-electron chi connectivity index (χ4n) is 0.561. The van der Waals surface area contributed by atoms with E-state index in [0.29, 0.717) is 5.92 Å². The van der Waals surface area contributed by atoms with E-state index in [4.69, 9.17) is 11.5 Å². The minimum atomic E-state index is 0.713. The minimum Gasteiger partial charge on any atom is -0.330 e. The Morgan fingerprint density at radius 1 is 1.08 bits per heavy atom.